The minimum Gasteiger partial charge on any atom is -0.487 e. The van der Waals surface area contributed by atoms with Crippen molar-refractivity contribution in [3.8, 4) is 5.75 Å². The first-order chi connectivity index (χ1) is 12.0. The third-order valence-electron chi connectivity index (χ3n) is 3.77. The van der Waals surface area contributed by atoms with Crippen LogP contribution in [0.1, 0.15) is 15.9 Å². The molecule has 7 heteroatoms. The fourth-order valence-electron chi connectivity index (χ4n) is 2.70. The van der Waals surface area contributed by atoms with Crippen LogP contribution in [0.4, 0.5) is 8.78 Å². The largest absolute Gasteiger partial charge is 0.487 e. The van der Waals surface area contributed by atoms with Gasteiger partial charge < -0.3 is 14.4 Å². The number of rotatable bonds is 6. The lowest BCUT2D eigenvalue weighted by Gasteiger charge is -2.13. The van der Waals surface area contributed by atoms with Crippen LogP contribution >= 0.6 is 11.6 Å². The Morgan fingerprint density at radius 3 is 2.76 bits per heavy atom. The van der Waals surface area contributed by atoms with Crippen molar-refractivity contribution >= 4 is 28.5 Å². The average molecular weight is 366 g/mol. The van der Waals surface area contributed by atoms with Gasteiger partial charge in [-0.2, -0.15) is 0 Å². The number of carboxylic acids is 1. The normalized spacial score (nSPS) is 11.2. The van der Waals surface area contributed by atoms with Gasteiger partial charge in [-0.25, -0.2) is 13.6 Å². The Morgan fingerprint density at radius 1 is 1.24 bits per heavy atom. The van der Waals surface area contributed by atoms with Crippen molar-refractivity contribution in [2.24, 2.45) is 0 Å². The summed E-state index contributed by atoms with van der Waals surface area (Å²) in [5.41, 5.74) is 1.56. The summed E-state index contributed by atoms with van der Waals surface area (Å²) < 4.78 is 31.8. The van der Waals surface area contributed by atoms with E-state index in [1.165, 1.54) is 6.07 Å². The molecule has 0 amide bonds. The predicted octanol–water partition coefficient (Wildman–Crippen LogP) is 4.69. The van der Waals surface area contributed by atoms with E-state index in [0.717, 1.165) is 5.52 Å². The van der Waals surface area contributed by atoms with Gasteiger partial charge in [-0.3, -0.25) is 0 Å². The molecule has 1 heterocycles. The number of nitrogens with zero attached hydrogens (tertiary/aromatic N) is 1. The van der Waals surface area contributed by atoms with Crippen LogP contribution in [0.25, 0.3) is 10.9 Å². The third kappa shape index (κ3) is 3.74. The number of ether oxygens (including phenoxy) is 1. The summed E-state index contributed by atoms with van der Waals surface area (Å²) in [7, 11) is 0. The first-order valence-corrected chi connectivity index (χ1v) is 7.84. The zero-order valence-electron chi connectivity index (χ0n) is 13.0. The number of hydrogen-bond acceptors (Lipinski definition) is 2. The number of alkyl halides is 2. The molecule has 1 N–H and O–H groups in total. The molecule has 0 bridgehead atoms. The van der Waals surface area contributed by atoms with Gasteiger partial charge in [-0.1, -0.05) is 17.7 Å². The molecule has 0 spiro atoms. The number of fused-ring (bicyclic) bond motifs is 1. The van der Waals surface area contributed by atoms with Crippen LogP contribution in [0.3, 0.4) is 0 Å². The number of benzene rings is 2. The van der Waals surface area contributed by atoms with Crippen molar-refractivity contribution in [1.82, 2.24) is 4.57 Å². The van der Waals surface area contributed by atoms with Crippen molar-refractivity contribution in [3.05, 3.63) is 64.8 Å². The fourth-order valence-corrected chi connectivity index (χ4v) is 2.89. The summed E-state index contributed by atoms with van der Waals surface area (Å²) in [5.74, 6) is -0.687. The molecule has 3 rings (SSSR count). The summed E-state index contributed by atoms with van der Waals surface area (Å²) in [6.45, 7) is -0.393. The van der Waals surface area contributed by atoms with E-state index in [2.05, 4.69) is 0 Å². The van der Waals surface area contributed by atoms with Crippen LogP contribution in [0.2, 0.25) is 5.02 Å². The maximum atomic E-state index is 12.4. The second-order valence-corrected chi connectivity index (χ2v) is 5.88. The van der Waals surface area contributed by atoms with E-state index in [-0.39, 0.29) is 5.56 Å². The highest BCUT2D eigenvalue weighted by molar-refractivity contribution is 6.30. The molecule has 25 heavy (non-hydrogen) atoms. The van der Waals surface area contributed by atoms with E-state index >= 15 is 0 Å². The van der Waals surface area contributed by atoms with E-state index in [1.807, 2.05) is 4.57 Å². The number of aromatic nitrogens is 1. The Bertz CT molecular complexity index is 924. The third-order valence-corrected chi connectivity index (χ3v) is 4.01. The Hall–Kier alpha value is -2.60. The van der Waals surface area contributed by atoms with Crippen LogP contribution in [0.15, 0.2) is 48.7 Å². The Balaban J connectivity index is 1.97. The summed E-state index contributed by atoms with van der Waals surface area (Å²) in [4.78, 5) is 11.3. The molecule has 0 aliphatic rings. The molecule has 0 fully saturated rings. The van der Waals surface area contributed by atoms with Crippen LogP contribution in [0.5, 0.6) is 5.75 Å². The SMILES string of the molecule is O=C(O)c1cccc2c1ccn2Cc1cc(Cl)ccc1OCC(F)F. The van der Waals surface area contributed by atoms with E-state index in [4.69, 9.17) is 16.3 Å². The molecule has 0 radical (unpaired) electrons. The minimum atomic E-state index is -2.57. The second kappa shape index (κ2) is 7.11. The first kappa shape index (κ1) is 17.2. The van der Waals surface area contributed by atoms with Crippen molar-refractivity contribution < 1.29 is 23.4 Å². The molecule has 2 aromatic carbocycles. The molecular formula is C18H14ClF2NO3. The number of aromatic carboxylic acids is 1. The molecule has 130 valence electrons. The molecule has 0 saturated heterocycles. The minimum absolute atomic E-state index is 0.205. The quantitative estimate of drug-likeness (QED) is 0.689. The topological polar surface area (TPSA) is 51.5 Å². The monoisotopic (exact) mass is 365 g/mol. The molecule has 0 atom stereocenters. The molecular weight excluding hydrogens is 352 g/mol. The summed E-state index contributed by atoms with van der Waals surface area (Å²) in [6.07, 6.45) is -0.830. The summed E-state index contributed by atoms with van der Waals surface area (Å²) in [6, 6.07) is 11.5. The lowest BCUT2D eigenvalue weighted by molar-refractivity contribution is 0.0699. The Morgan fingerprint density at radius 2 is 2.04 bits per heavy atom. The number of carbonyl (C=O) groups is 1. The molecule has 0 unspecified atom stereocenters. The van der Waals surface area contributed by atoms with Crippen LogP contribution in [0, 0.1) is 0 Å². The molecule has 0 aliphatic carbocycles. The number of hydrogen-bond donors (Lipinski definition) is 1. The van der Waals surface area contributed by atoms with Gasteiger partial charge in [0.25, 0.3) is 6.43 Å². The van der Waals surface area contributed by atoms with Gasteiger partial charge >= 0.3 is 5.97 Å². The number of halogens is 3. The van der Waals surface area contributed by atoms with Crippen molar-refractivity contribution in [2.75, 3.05) is 6.61 Å². The zero-order chi connectivity index (χ0) is 18.0. The zero-order valence-corrected chi connectivity index (χ0v) is 13.7. The fraction of sp³-hybridized carbons (Fsp3) is 0.167. The lowest BCUT2D eigenvalue weighted by atomic mass is 10.1. The number of carboxylic acid groups (broad SMARTS) is 1. The van der Waals surface area contributed by atoms with E-state index in [1.54, 1.807) is 42.6 Å². The van der Waals surface area contributed by atoms with Gasteiger partial charge in [-0.05, 0) is 36.4 Å². The lowest BCUT2D eigenvalue weighted by Crippen LogP contribution is -2.09. The van der Waals surface area contributed by atoms with Crippen LogP contribution < -0.4 is 4.74 Å². The van der Waals surface area contributed by atoms with Gasteiger partial charge in [0.05, 0.1) is 12.1 Å². The average Bonchev–Trinajstić information content (AvgIpc) is 2.97. The van der Waals surface area contributed by atoms with Crippen LogP contribution in [-0.2, 0) is 6.54 Å². The molecule has 1 aromatic heterocycles. The summed E-state index contributed by atoms with van der Waals surface area (Å²) >= 11 is 6.01. The molecule has 0 saturated carbocycles. The molecule has 0 aliphatic heterocycles. The Labute approximate surface area is 147 Å². The summed E-state index contributed by atoms with van der Waals surface area (Å²) in [5, 5.41) is 10.3. The smallest absolute Gasteiger partial charge is 0.336 e. The van der Waals surface area contributed by atoms with E-state index in [0.29, 0.717) is 28.3 Å². The van der Waals surface area contributed by atoms with E-state index in [9.17, 15) is 18.7 Å². The highest BCUT2D eigenvalue weighted by Gasteiger charge is 2.13. The predicted molar refractivity (Wildman–Crippen MR) is 91.0 cm³/mol. The maximum absolute atomic E-state index is 12.4. The van der Waals surface area contributed by atoms with Gasteiger partial charge in [0, 0.05) is 27.7 Å². The molecule has 4 nitrogen and oxygen atoms in total. The van der Waals surface area contributed by atoms with Gasteiger partial charge in [-0.15, -0.1) is 0 Å². The van der Waals surface area contributed by atoms with E-state index < -0.39 is 19.0 Å². The van der Waals surface area contributed by atoms with Crippen molar-refractivity contribution in [1.29, 1.82) is 0 Å². The maximum Gasteiger partial charge on any atom is 0.336 e. The van der Waals surface area contributed by atoms with Gasteiger partial charge in [0.2, 0.25) is 0 Å². The highest BCUT2D eigenvalue weighted by Crippen LogP contribution is 2.27. The van der Waals surface area contributed by atoms with Crippen molar-refractivity contribution in [3.63, 3.8) is 0 Å². The Kier molecular flexibility index (Phi) is 4.90. The first-order valence-electron chi connectivity index (χ1n) is 7.46. The molecule has 3 aromatic rings. The standard InChI is InChI=1S/C18H14ClF2NO3/c19-12-4-5-16(25-10-17(20)21)11(8-12)9-22-7-6-13-14(18(23)24)2-1-3-15(13)22/h1-8,17H,9-10H2,(H,23,24). The van der Waals surface area contributed by atoms with Gasteiger partial charge in [0.1, 0.15) is 12.4 Å². The highest BCUT2D eigenvalue weighted by atomic mass is 35.5. The van der Waals surface area contributed by atoms with Gasteiger partial charge in [0.15, 0.2) is 0 Å². The second-order valence-electron chi connectivity index (χ2n) is 5.44. The van der Waals surface area contributed by atoms with Crippen LogP contribution in [-0.4, -0.2) is 28.7 Å². The van der Waals surface area contributed by atoms with Crippen molar-refractivity contribution in [2.45, 2.75) is 13.0 Å².